The van der Waals surface area contributed by atoms with Crippen LogP contribution in [0.15, 0.2) is 0 Å². The molecule has 1 aromatic rings. The van der Waals surface area contributed by atoms with Crippen molar-refractivity contribution in [2.24, 2.45) is 11.8 Å². The van der Waals surface area contributed by atoms with E-state index < -0.39 is 47.0 Å². The minimum Gasteiger partial charge on any atom is -0.353 e. The highest BCUT2D eigenvalue weighted by atomic mass is 19.2. The first-order valence-corrected chi connectivity index (χ1v) is 7.53. The monoisotopic (exact) mass is 335 g/mol. The number of rotatable bonds is 3. The van der Waals surface area contributed by atoms with Crippen molar-refractivity contribution in [3.05, 3.63) is 34.6 Å². The minimum absolute atomic E-state index is 0.160. The number of nitrogens with one attached hydrogen (secondary N) is 1. The quantitative estimate of drug-likeness (QED) is 0.507. The lowest BCUT2D eigenvalue weighted by Crippen LogP contribution is -2.44. The molecule has 1 aromatic carbocycles. The van der Waals surface area contributed by atoms with Gasteiger partial charge in [-0.2, -0.15) is 0 Å². The molecule has 1 aliphatic rings. The summed E-state index contributed by atoms with van der Waals surface area (Å²) in [5.74, 6) is -10.4. The molecule has 0 aromatic heterocycles. The van der Waals surface area contributed by atoms with Gasteiger partial charge >= 0.3 is 0 Å². The fourth-order valence-corrected chi connectivity index (χ4v) is 3.01. The zero-order valence-electron chi connectivity index (χ0n) is 12.9. The van der Waals surface area contributed by atoms with Gasteiger partial charge in [-0.05, 0) is 18.3 Å². The van der Waals surface area contributed by atoms with Crippen molar-refractivity contribution in [2.45, 2.75) is 45.6 Å². The van der Waals surface area contributed by atoms with E-state index in [2.05, 4.69) is 5.32 Å². The molecule has 1 amide bonds. The Kier molecular flexibility index (Phi) is 5.26. The summed E-state index contributed by atoms with van der Waals surface area (Å²) in [6.07, 6.45) is 1.79. The predicted octanol–water partition coefficient (Wildman–Crippen LogP) is 3.87. The SMILES string of the molecule is C[C@H]1[C@H](C)CCC[C@H]1NC(=O)Cc1c(F)c(F)c(F)c(F)c1F. The van der Waals surface area contributed by atoms with Crippen LogP contribution in [0.25, 0.3) is 0 Å². The number of carbonyl (C=O) groups is 1. The highest BCUT2D eigenvalue weighted by molar-refractivity contribution is 5.79. The van der Waals surface area contributed by atoms with Crippen LogP contribution >= 0.6 is 0 Å². The van der Waals surface area contributed by atoms with E-state index in [0.717, 1.165) is 19.3 Å². The van der Waals surface area contributed by atoms with Gasteiger partial charge in [0.2, 0.25) is 11.7 Å². The van der Waals surface area contributed by atoms with Crippen molar-refractivity contribution in [1.82, 2.24) is 5.32 Å². The average molecular weight is 335 g/mol. The van der Waals surface area contributed by atoms with Crippen LogP contribution in [0.5, 0.6) is 0 Å². The molecule has 1 aliphatic carbocycles. The Hall–Kier alpha value is -1.66. The van der Waals surface area contributed by atoms with Crippen LogP contribution in [0.3, 0.4) is 0 Å². The van der Waals surface area contributed by atoms with E-state index in [9.17, 15) is 26.7 Å². The lowest BCUT2D eigenvalue weighted by Gasteiger charge is -2.34. The number of carbonyl (C=O) groups excluding carboxylic acids is 1. The van der Waals surface area contributed by atoms with Crippen molar-refractivity contribution in [3.63, 3.8) is 0 Å². The van der Waals surface area contributed by atoms with Crippen LogP contribution in [0.4, 0.5) is 22.0 Å². The molecular formula is C16H18F5NO. The third-order valence-electron chi connectivity index (χ3n) is 4.69. The predicted molar refractivity (Wildman–Crippen MR) is 74.0 cm³/mol. The molecule has 3 atom stereocenters. The molecule has 7 heteroatoms. The Morgan fingerprint density at radius 2 is 1.48 bits per heavy atom. The fourth-order valence-electron chi connectivity index (χ4n) is 3.01. The number of halogens is 5. The van der Waals surface area contributed by atoms with Gasteiger partial charge in [0.25, 0.3) is 0 Å². The Bertz CT molecular complexity index is 590. The third-order valence-corrected chi connectivity index (χ3v) is 4.69. The average Bonchev–Trinajstić information content (AvgIpc) is 2.52. The molecular weight excluding hydrogens is 317 g/mol. The molecule has 1 saturated carbocycles. The molecule has 0 spiro atoms. The van der Waals surface area contributed by atoms with Gasteiger partial charge in [-0.3, -0.25) is 4.79 Å². The van der Waals surface area contributed by atoms with Gasteiger partial charge in [-0.15, -0.1) is 0 Å². The summed E-state index contributed by atoms with van der Waals surface area (Å²) in [4.78, 5) is 12.0. The fraction of sp³-hybridized carbons (Fsp3) is 0.562. The Morgan fingerprint density at radius 1 is 0.957 bits per heavy atom. The molecule has 0 unspecified atom stereocenters. The van der Waals surface area contributed by atoms with Crippen LogP contribution in [-0.2, 0) is 11.2 Å². The Morgan fingerprint density at radius 3 is 2.04 bits per heavy atom. The van der Waals surface area contributed by atoms with E-state index >= 15 is 0 Å². The summed E-state index contributed by atoms with van der Waals surface area (Å²) in [5, 5.41) is 2.64. The van der Waals surface area contributed by atoms with Gasteiger partial charge in [0, 0.05) is 11.6 Å². The summed E-state index contributed by atoms with van der Waals surface area (Å²) in [5.41, 5.74) is -1.10. The second-order valence-electron chi connectivity index (χ2n) is 6.17. The minimum atomic E-state index is -2.22. The molecule has 1 fully saturated rings. The number of benzene rings is 1. The Labute approximate surface area is 131 Å². The lowest BCUT2D eigenvalue weighted by atomic mass is 9.78. The van der Waals surface area contributed by atoms with Crippen LogP contribution in [0, 0.1) is 40.9 Å². The standard InChI is InChI=1S/C16H18F5NO/c1-7-4-3-5-10(8(7)2)22-11(23)6-9-12(17)14(19)16(21)15(20)13(9)18/h7-8,10H,3-6H2,1-2H3,(H,22,23)/t7-,8+,10-/m1/s1. The molecule has 0 heterocycles. The van der Waals surface area contributed by atoms with Crippen molar-refractivity contribution in [2.75, 3.05) is 0 Å². The molecule has 0 saturated heterocycles. The maximum Gasteiger partial charge on any atom is 0.224 e. The van der Waals surface area contributed by atoms with E-state index in [1.54, 1.807) is 0 Å². The number of hydrogen-bond donors (Lipinski definition) is 1. The molecule has 2 rings (SSSR count). The molecule has 128 valence electrons. The van der Waals surface area contributed by atoms with Crippen molar-refractivity contribution in [1.29, 1.82) is 0 Å². The van der Waals surface area contributed by atoms with Crippen molar-refractivity contribution < 1.29 is 26.7 Å². The van der Waals surface area contributed by atoms with E-state index in [-0.39, 0.29) is 12.0 Å². The normalized spacial score (nSPS) is 24.6. The topological polar surface area (TPSA) is 29.1 Å². The largest absolute Gasteiger partial charge is 0.353 e. The molecule has 23 heavy (non-hydrogen) atoms. The second kappa shape index (κ2) is 6.84. The highest BCUT2D eigenvalue weighted by Crippen LogP contribution is 2.30. The first-order valence-electron chi connectivity index (χ1n) is 7.53. The Balaban J connectivity index is 2.15. The summed E-state index contributed by atoms with van der Waals surface area (Å²) < 4.78 is 66.4. The van der Waals surface area contributed by atoms with Gasteiger partial charge in [-0.25, -0.2) is 22.0 Å². The summed E-state index contributed by atoms with van der Waals surface area (Å²) in [6, 6.07) is -0.160. The van der Waals surface area contributed by atoms with Crippen molar-refractivity contribution in [3.8, 4) is 0 Å². The van der Waals surface area contributed by atoms with Crippen LogP contribution in [0.1, 0.15) is 38.7 Å². The number of amides is 1. The van der Waals surface area contributed by atoms with Crippen LogP contribution in [-0.4, -0.2) is 11.9 Å². The second-order valence-corrected chi connectivity index (χ2v) is 6.17. The van der Waals surface area contributed by atoms with Gasteiger partial charge in [0.05, 0.1) is 6.42 Å². The maximum absolute atomic E-state index is 13.6. The molecule has 1 N–H and O–H groups in total. The van der Waals surface area contributed by atoms with Crippen molar-refractivity contribution >= 4 is 5.91 Å². The van der Waals surface area contributed by atoms with E-state index in [4.69, 9.17) is 0 Å². The highest BCUT2D eigenvalue weighted by Gasteiger charge is 2.30. The van der Waals surface area contributed by atoms with Crippen LogP contribution < -0.4 is 5.32 Å². The lowest BCUT2D eigenvalue weighted by molar-refractivity contribution is -0.122. The zero-order chi connectivity index (χ0) is 17.3. The summed E-state index contributed by atoms with van der Waals surface area (Å²) in [6.45, 7) is 4.01. The maximum atomic E-state index is 13.6. The van der Waals surface area contributed by atoms with Crippen LogP contribution in [0.2, 0.25) is 0 Å². The zero-order valence-corrected chi connectivity index (χ0v) is 12.9. The molecule has 0 bridgehead atoms. The van der Waals surface area contributed by atoms with Gasteiger partial charge in [-0.1, -0.05) is 26.7 Å². The number of hydrogen-bond acceptors (Lipinski definition) is 1. The van der Waals surface area contributed by atoms with E-state index in [0.29, 0.717) is 5.92 Å². The molecule has 0 aliphatic heterocycles. The molecule has 0 radical (unpaired) electrons. The van der Waals surface area contributed by atoms with Gasteiger partial charge in [0.1, 0.15) is 0 Å². The first-order chi connectivity index (χ1) is 10.7. The first kappa shape index (κ1) is 17.7. The smallest absolute Gasteiger partial charge is 0.224 e. The van der Waals surface area contributed by atoms with E-state index in [1.807, 2.05) is 13.8 Å². The molecule has 2 nitrogen and oxygen atoms in total. The third kappa shape index (κ3) is 3.48. The van der Waals surface area contributed by atoms with Gasteiger partial charge < -0.3 is 5.32 Å². The van der Waals surface area contributed by atoms with E-state index in [1.165, 1.54) is 0 Å². The van der Waals surface area contributed by atoms with Gasteiger partial charge in [0.15, 0.2) is 23.3 Å². The summed E-state index contributed by atoms with van der Waals surface area (Å²) >= 11 is 0. The summed E-state index contributed by atoms with van der Waals surface area (Å²) in [7, 11) is 0.